The van der Waals surface area contributed by atoms with E-state index in [9.17, 15) is 9.59 Å². The molecule has 2 aromatic heterocycles. The van der Waals surface area contributed by atoms with E-state index >= 15 is 0 Å². The monoisotopic (exact) mass is 545 g/mol. The van der Waals surface area contributed by atoms with Crippen molar-refractivity contribution in [1.82, 2.24) is 25.2 Å². The molecule has 0 aliphatic rings. The van der Waals surface area contributed by atoms with Gasteiger partial charge in [0.2, 0.25) is 0 Å². The summed E-state index contributed by atoms with van der Waals surface area (Å²) in [5.74, 6) is 1.67. The van der Waals surface area contributed by atoms with Crippen LogP contribution < -0.4 is 25.1 Å². The second-order valence-corrected chi connectivity index (χ2v) is 9.87. The second kappa shape index (κ2) is 12.2. The highest BCUT2D eigenvalue weighted by atomic mass is 16.5. The number of ether oxygens (including phenoxy) is 3. The van der Waals surface area contributed by atoms with E-state index < -0.39 is 0 Å². The standard InChI is InChI=1S/C30H35N5O5/c1-17(2)31-12-13-40-24-11-10-22(32-27(24)21-9-8-19(14-18(21)3)30(37)35(4)5)28-33-23-15-20(38-6)16-25(39-7)26(23)29(36)34-28/h8-11,14-17,31H,12-13H2,1-7H3,(H,33,34,36). The van der Waals surface area contributed by atoms with Crippen LogP contribution in [0, 0.1) is 6.92 Å². The van der Waals surface area contributed by atoms with Crippen LogP contribution in [0.25, 0.3) is 33.7 Å². The van der Waals surface area contributed by atoms with E-state index in [0.29, 0.717) is 70.1 Å². The maximum absolute atomic E-state index is 13.1. The van der Waals surface area contributed by atoms with E-state index in [0.717, 1.165) is 11.1 Å². The molecule has 4 rings (SSSR count). The molecule has 10 heteroatoms. The van der Waals surface area contributed by atoms with Gasteiger partial charge in [-0.05, 0) is 36.8 Å². The maximum Gasteiger partial charge on any atom is 0.262 e. The van der Waals surface area contributed by atoms with Gasteiger partial charge < -0.3 is 29.4 Å². The summed E-state index contributed by atoms with van der Waals surface area (Å²) in [6.45, 7) is 7.17. The highest BCUT2D eigenvalue weighted by Crippen LogP contribution is 2.34. The number of hydrogen-bond acceptors (Lipinski definition) is 8. The van der Waals surface area contributed by atoms with Crippen LogP contribution in [0.15, 0.2) is 47.3 Å². The van der Waals surface area contributed by atoms with Gasteiger partial charge in [-0.25, -0.2) is 9.97 Å². The number of rotatable bonds is 10. The Morgan fingerprint density at radius 2 is 1.80 bits per heavy atom. The number of nitrogens with zero attached hydrogens (tertiary/aromatic N) is 3. The summed E-state index contributed by atoms with van der Waals surface area (Å²) < 4.78 is 16.9. The van der Waals surface area contributed by atoms with Crippen molar-refractivity contribution in [3.63, 3.8) is 0 Å². The minimum atomic E-state index is -0.356. The smallest absolute Gasteiger partial charge is 0.262 e. The predicted octanol–water partition coefficient (Wildman–Crippen LogP) is 4.06. The maximum atomic E-state index is 13.1. The molecule has 0 fully saturated rings. The van der Waals surface area contributed by atoms with Gasteiger partial charge in [-0.2, -0.15) is 0 Å². The highest BCUT2D eigenvalue weighted by Gasteiger charge is 2.18. The Balaban J connectivity index is 1.83. The SMILES string of the molecule is COc1cc(OC)c2c(=O)[nH]c(-c3ccc(OCCNC(C)C)c(-c4ccc(C(=O)N(C)C)cc4C)n3)nc2c1. The third-order valence-electron chi connectivity index (χ3n) is 6.35. The van der Waals surface area contributed by atoms with Crippen molar-refractivity contribution in [1.29, 1.82) is 0 Å². The first-order chi connectivity index (χ1) is 19.1. The summed E-state index contributed by atoms with van der Waals surface area (Å²) in [5, 5.41) is 3.66. The number of aryl methyl sites for hydroxylation is 1. The molecule has 4 aromatic rings. The lowest BCUT2D eigenvalue weighted by atomic mass is 10.0. The molecule has 2 heterocycles. The van der Waals surface area contributed by atoms with Crippen molar-refractivity contribution >= 4 is 16.8 Å². The molecule has 0 aliphatic carbocycles. The van der Waals surface area contributed by atoms with Crippen molar-refractivity contribution in [2.24, 2.45) is 0 Å². The number of hydrogen-bond donors (Lipinski definition) is 2. The lowest BCUT2D eigenvalue weighted by Gasteiger charge is -2.16. The Morgan fingerprint density at radius 3 is 2.45 bits per heavy atom. The molecule has 0 bridgehead atoms. The number of H-pyrrole nitrogens is 1. The number of pyridine rings is 1. The van der Waals surface area contributed by atoms with Crippen LogP contribution in [-0.2, 0) is 0 Å². The summed E-state index contributed by atoms with van der Waals surface area (Å²) in [5.41, 5.74) is 3.33. The molecule has 0 saturated carbocycles. The molecule has 1 amide bonds. The van der Waals surface area contributed by atoms with Gasteiger partial charge in [-0.15, -0.1) is 0 Å². The zero-order valence-corrected chi connectivity index (χ0v) is 23.9. The minimum Gasteiger partial charge on any atom is -0.497 e. The number of amides is 1. The fraction of sp³-hybridized carbons (Fsp3) is 0.333. The average Bonchev–Trinajstić information content (AvgIpc) is 2.93. The van der Waals surface area contributed by atoms with E-state index in [1.807, 2.05) is 25.1 Å². The van der Waals surface area contributed by atoms with Gasteiger partial charge in [-0.1, -0.05) is 19.9 Å². The third kappa shape index (κ3) is 6.07. The van der Waals surface area contributed by atoms with Crippen LogP contribution in [0.1, 0.15) is 29.8 Å². The molecule has 2 aromatic carbocycles. The van der Waals surface area contributed by atoms with Crippen molar-refractivity contribution in [2.45, 2.75) is 26.8 Å². The first kappa shape index (κ1) is 28.6. The quantitative estimate of drug-likeness (QED) is 0.287. The number of nitrogens with one attached hydrogen (secondary N) is 2. The molecule has 0 radical (unpaired) electrons. The molecular weight excluding hydrogens is 510 g/mol. The minimum absolute atomic E-state index is 0.0867. The van der Waals surface area contributed by atoms with Crippen LogP contribution in [0.5, 0.6) is 17.2 Å². The topological polar surface area (TPSA) is 119 Å². The molecule has 10 nitrogen and oxygen atoms in total. The average molecular weight is 546 g/mol. The fourth-order valence-corrected chi connectivity index (χ4v) is 4.33. The molecule has 40 heavy (non-hydrogen) atoms. The van der Waals surface area contributed by atoms with E-state index in [4.69, 9.17) is 19.2 Å². The molecule has 0 saturated heterocycles. The molecule has 0 atom stereocenters. The lowest BCUT2D eigenvalue weighted by molar-refractivity contribution is 0.0827. The number of benzene rings is 2. The number of aromatic nitrogens is 3. The van der Waals surface area contributed by atoms with Gasteiger partial charge in [0.15, 0.2) is 5.82 Å². The molecular formula is C30H35N5O5. The lowest BCUT2D eigenvalue weighted by Crippen LogP contribution is -2.27. The van der Waals surface area contributed by atoms with Gasteiger partial charge in [0.25, 0.3) is 11.5 Å². The fourth-order valence-electron chi connectivity index (χ4n) is 4.33. The Morgan fingerprint density at radius 1 is 1.02 bits per heavy atom. The third-order valence-corrected chi connectivity index (χ3v) is 6.35. The first-order valence-corrected chi connectivity index (χ1v) is 13.0. The summed E-state index contributed by atoms with van der Waals surface area (Å²) >= 11 is 0. The Hall–Kier alpha value is -4.44. The van der Waals surface area contributed by atoms with Crippen LogP contribution in [0.3, 0.4) is 0 Å². The number of aromatic amines is 1. The van der Waals surface area contributed by atoms with E-state index in [1.165, 1.54) is 19.1 Å². The molecule has 0 aliphatic heterocycles. The van der Waals surface area contributed by atoms with Crippen LogP contribution in [0.2, 0.25) is 0 Å². The van der Waals surface area contributed by atoms with Gasteiger partial charge in [-0.3, -0.25) is 9.59 Å². The summed E-state index contributed by atoms with van der Waals surface area (Å²) in [6.07, 6.45) is 0. The number of carbonyl (C=O) groups excluding carboxylic acids is 1. The Labute approximate surface area is 233 Å². The van der Waals surface area contributed by atoms with Crippen molar-refractivity contribution in [3.05, 3.63) is 63.9 Å². The van der Waals surface area contributed by atoms with Crippen LogP contribution in [-0.4, -0.2) is 73.3 Å². The van der Waals surface area contributed by atoms with Gasteiger partial charge >= 0.3 is 0 Å². The summed E-state index contributed by atoms with van der Waals surface area (Å²) in [6, 6.07) is 12.7. The van der Waals surface area contributed by atoms with E-state index in [1.54, 1.807) is 38.4 Å². The second-order valence-electron chi connectivity index (χ2n) is 9.87. The number of carbonyl (C=O) groups is 1. The van der Waals surface area contributed by atoms with E-state index in [-0.39, 0.29) is 11.5 Å². The van der Waals surface area contributed by atoms with Crippen LogP contribution in [0.4, 0.5) is 0 Å². The van der Waals surface area contributed by atoms with E-state index in [2.05, 4.69) is 29.1 Å². The largest absolute Gasteiger partial charge is 0.497 e. The van der Waals surface area contributed by atoms with Gasteiger partial charge in [0.1, 0.15) is 40.6 Å². The zero-order chi connectivity index (χ0) is 29.0. The van der Waals surface area contributed by atoms with Crippen molar-refractivity contribution < 1.29 is 19.0 Å². The van der Waals surface area contributed by atoms with Crippen molar-refractivity contribution in [3.8, 4) is 40.0 Å². The zero-order valence-electron chi connectivity index (χ0n) is 23.9. The predicted molar refractivity (Wildman–Crippen MR) is 156 cm³/mol. The molecule has 2 N–H and O–H groups in total. The summed E-state index contributed by atoms with van der Waals surface area (Å²) in [7, 11) is 6.47. The van der Waals surface area contributed by atoms with Gasteiger partial charge in [0.05, 0.1) is 19.7 Å². The first-order valence-electron chi connectivity index (χ1n) is 13.0. The number of methoxy groups -OCH3 is 2. The van der Waals surface area contributed by atoms with Crippen LogP contribution >= 0.6 is 0 Å². The molecule has 0 spiro atoms. The van der Waals surface area contributed by atoms with Gasteiger partial charge in [0, 0.05) is 49.9 Å². The molecule has 210 valence electrons. The highest BCUT2D eigenvalue weighted by molar-refractivity contribution is 5.95. The summed E-state index contributed by atoms with van der Waals surface area (Å²) in [4.78, 5) is 39.6. The normalized spacial score (nSPS) is 11.1. The molecule has 0 unspecified atom stereocenters. The Bertz CT molecular complexity index is 1600. The Kier molecular flexibility index (Phi) is 8.69. The van der Waals surface area contributed by atoms with Crippen molar-refractivity contribution in [2.75, 3.05) is 41.5 Å². The number of fused-ring (bicyclic) bond motifs is 1.